The molecule has 0 saturated heterocycles. The van der Waals surface area contributed by atoms with Crippen LogP contribution >= 0.6 is 0 Å². The lowest BCUT2D eigenvalue weighted by Crippen LogP contribution is -2.12. The van der Waals surface area contributed by atoms with Gasteiger partial charge in [-0.1, -0.05) is 53.0 Å². The van der Waals surface area contributed by atoms with Crippen molar-refractivity contribution in [1.82, 2.24) is 0 Å². The van der Waals surface area contributed by atoms with Gasteiger partial charge in [-0.2, -0.15) is 0 Å². The molecule has 0 aliphatic carbocycles. The van der Waals surface area contributed by atoms with E-state index in [-0.39, 0.29) is 5.97 Å². The van der Waals surface area contributed by atoms with Gasteiger partial charge in [-0.25, -0.2) is 4.79 Å². The summed E-state index contributed by atoms with van der Waals surface area (Å²) in [6.07, 6.45) is 9.84. The minimum atomic E-state index is -0.259. The zero-order valence-electron chi connectivity index (χ0n) is 18.2. The fourth-order valence-corrected chi connectivity index (χ4v) is 3.19. The molecule has 0 fully saturated rings. The molecule has 0 radical (unpaired) electrons. The quantitative estimate of drug-likeness (QED) is 0.266. The van der Waals surface area contributed by atoms with Crippen molar-refractivity contribution in [2.24, 2.45) is 5.92 Å². The Morgan fingerprint density at radius 1 is 0.963 bits per heavy atom. The number of hydrogen-bond donors (Lipinski definition) is 0. The highest BCUT2D eigenvalue weighted by Crippen LogP contribution is 2.30. The molecule has 3 heteroatoms. The number of hydrogen-bond acceptors (Lipinski definition) is 3. The Hall–Kier alpha value is -1.51. The molecule has 154 valence electrons. The van der Waals surface area contributed by atoms with E-state index < -0.39 is 0 Å². The third kappa shape index (κ3) is 8.81. The van der Waals surface area contributed by atoms with Gasteiger partial charge in [-0.3, -0.25) is 0 Å². The maximum atomic E-state index is 12.6. The minimum absolute atomic E-state index is 0.259. The molecule has 0 unspecified atom stereocenters. The van der Waals surface area contributed by atoms with E-state index in [9.17, 15) is 4.79 Å². The fourth-order valence-electron chi connectivity index (χ4n) is 3.19. The van der Waals surface area contributed by atoms with Crippen LogP contribution in [0.5, 0.6) is 5.75 Å². The lowest BCUT2D eigenvalue weighted by molar-refractivity contribution is 0.0521. The summed E-state index contributed by atoms with van der Waals surface area (Å²) < 4.78 is 11.5. The van der Waals surface area contributed by atoms with Crippen LogP contribution in [0, 0.1) is 5.92 Å². The number of ether oxygens (including phenoxy) is 2. The molecule has 0 bridgehead atoms. The van der Waals surface area contributed by atoms with Crippen molar-refractivity contribution in [1.29, 1.82) is 0 Å². The topological polar surface area (TPSA) is 35.5 Å². The summed E-state index contributed by atoms with van der Waals surface area (Å²) >= 11 is 0. The van der Waals surface area contributed by atoms with E-state index in [0.717, 1.165) is 68.6 Å². The van der Waals surface area contributed by atoms with E-state index in [4.69, 9.17) is 9.47 Å². The van der Waals surface area contributed by atoms with Crippen LogP contribution in [0.1, 0.15) is 101 Å². The average molecular weight is 377 g/mol. The van der Waals surface area contributed by atoms with Crippen molar-refractivity contribution in [2.45, 2.75) is 92.4 Å². The van der Waals surface area contributed by atoms with Crippen LogP contribution in [0.4, 0.5) is 0 Å². The molecular weight excluding hydrogens is 336 g/mol. The molecule has 0 spiro atoms. The zero-order chi connectivity index (χ0) is 20.1. The van der Waals surface area contributed by atoms with Crippen molar-refractivity contribution >= 4 is 5.97 Å². The molecule has 0 atom stereocenters. The third-order valence-electron chi connectivity index (χ3n) is 4.76. The molecule has 0 N–H and O–H groups in total. The lowest BCUT2D eigenvalue weighted by atomic mass is 9.97. The van der Waals surface area contributed by atoms with Crippen LogP contribution in [0.25, 0.3) is 0 Å². The summed E-state index contributed by atoms with van der Waals surface area (Å²) in [5, 5.41) is 0. The van der Waals surface area contributed by atoms with Gasteiger partial charge in [0.05, 0.1) is 13.2 Å². The highest BCUT2D eigenvalue weighted by molar-refractivity contribution is 5.93. The molecule has 0 aliphatic heterocycles. The first kappa shape index (κ1) is 23.5. The van der Waals surface area contributed by atoms with Crippen molar-refractivity contribution < 1.29 is 14.3 Å². The number of carbonyl (C=O) groups excluding carboxylic acids is 1. The van der Waals surface area contributed by atoms with Gasteiger partial charge in [0.2, 0.25) is 0 Å². The number of esters is 1. The van der Waals surface area contributed by atoms with Gasteiger partial charge in [-0.15, -0.1) is 0 Å². The number of unbranched alkanes of at least 4 members (excludes halogenated alkanes) is 3. The van der Waals surface area contributed by atoms with Crippen molar-refractivity contribution in [3.05, 3.63) is 28.8 Å². The van der Waals surface area contributed by atoms with Crippen LogP contribution in [-0.2, 0) is 17.6 Å². The standard InChI is InChI=1S/C24H40O3/c1-6-9-14-20-17-21(15-10-7-2)23(22(18-20)24(25)26-8-3)27-16-12-11-13-19(4)5/h17-19H,6-16H2,1-5H3. The van der Waals surface area contributed by atoms with Crippen LogP contribution < -0.4 is 4.74 Å². The summed E-state index contributed by atoms with van der Waals surface area (Å²) in [6, 6.07) is 4.24. The minimum Gasteiger partial charge on any atom is -0.492 e. The number of benzene rings is 1. The second-order valence-corrected chi connectivity index (χ2v) is 7.80. The molecule has 1 aromatic carbocycles. The van der Waals surface area contributed by atoms with Gasteiger partial charge in [0, 0.05) is 0 Å². The Morgan fingerprint density at radius 2 is 1.67 bits per heavy atom. The Balaban J connectivity index is 3.05. The molecule has 0 heterocycles. The van der Waals surface area contributed by atoms with Gasteiger partial charge < -0.3 is 9.47 Å². The van der Waals surface area contributed by atoms with Crippen molar-refractivity contribution in [2.75, 3.05) is 13.2 Å². The summed E-state index contributed by atoms with van der Waals surface area (Å²) in [5.74, 6) is 1.22. The largest absolute Gasteiger partial charge is 0.492 e. The summed E-state index contributed by atoms with van der Waals surface area (Å²) in [5.41, 5.74) is 3.00. The molecule has 1 aromatic rings. The third-order valence-corrected chi connectivity index (χ3v) is 4.76. The smallest absolute Gasteiger partial charge is 0.341 e. The predicted octanol–water partition coefficient (Wildman–Crippen LogP) is 6.75. The Labute approximate surface area is 166 Å². The fraction of sp³-hybridized carbons (Fsp3) is 0.708. The second-order valence-electron chi connectivity index (χ2n) is 7.80. The van der Waals surface area contributed by atoms with E-state index in [1.807, 2.05) is 13.0 Å². The number of rotatable bonds is 14. The van der Waals surface area contributed by atoms with Crippen molar-refractivity contribution in [3.63, 3.8) is 0 Å². The molecule has 0 aromatic heterocycles. The molecule has 0 saturated carbocycles. The SMILES string of the molecule is CCCCc1cc(CCCC)c(OCCCCC(C)C)c(C(=O)OCC)c1. The molecule has 0 amide bonds. The molecular formula is C24H40O3. The molecule has 0 aliphatic rings. The van der Waals surface area contributed by atoms with E-state index in [1.165, 1.54) is 12.0 Å². The van der Waals surface area contributed by atoms with Gasteiger partial charge in [0.1, 0.15) is 11.3 Å². The Bertz CT molecular complexity index is 549. The van der Waals surface area contributed by atoms with Crippen LogP contribution in [-0.4, -0.2) is 19.2 Å². The number of carbonyl (C=O) groups is 1. The monoisotopic (exact) mass is 376 g/mol. The van der Waals surface area contributed by atoms with E-state index in [1.54, 1.807) is 0 Å². The Morgan fingerprint density at radius 3 is 2.30 bits per heavy atom. The highest BCUT2D eigenvalue weighted by atomic mass is 16.5. The maximum absolute atomic E-state index is 12.6. The maximum Gasteiger partial charge on any atom is 0.341 e. The average Bonchev–Trinajstić information content (AvgIpc) is 2.64. The zero-order valence-corrected chi connectivity index (χ0v) is 18.2. The summed E-state index contributed by atoms with van der Waals surface area (Å²) in [4.78, 5) is 12.6. The lowest BCUT2D eigenvalue weighted by Gasteiger charge is -2.18. The first-order chi connectivity index (χ1) is 13.0. The predicted molar refractivity (Wildman–Crippen MR) is 114 cm³/mol. The summed E-state index contributed by atoms with van der Waals surface area (Å²) in [6.45, 7) is 11.8. The Kier molecular flexibility index (Phi) is 11.9. The van der Waals surface area contributed by atoms with Crippen LogP contribution in [0.3, 0.4) is 0 Å². The number of aryl methyl sites for hydroxylation is 2. The van der Waals surface area contributed by atoms with Crippen LogP contribution in [0.15, 0.2) is 12.1 Å². The second kappa shape index (κ2) is 13.6. The molecule has 27 heavy (non-hydrogen) atoms. The van der Waals surface area contributed by atoms with Gasteiger partial charge in [0.25, 0.3) is 0 Å². The van der Waals surface area contributed by atoms with Gasteiger partial charge in [-0.05, 0) is 68.6 Å². The first-order valence-electron chi connectivity index (χ1n) is 11.0. The first-order valence-corrected chi connectivity index (χ1v) is 11.0. The van der Waals surface area contributed by atoms with E-state index in [2.05, 4.69) is 33.8 Å². The van der Waals surface area contributed by atoms with E-state index in [0.29, 0.717) is 18.8 Å². The van der Waals surface area contributed by atoms with E-state index >= 15 is 0 Å². The van der Waals surface area contributed by atoms with Gasteiger partial charge in [0.15, 0.2) is 0 Å². The summed E-state index contributed by atoms with van der Waals surface area (Å²) in [7, 11) is 0. The van der Waals surface area contributed by atoms with Crippen molar-refractivity contribution in [3.8, 4) is 5.75 Å². The van der Waals surface area contributed by atoms with Crippen LogP contribution in [0.2, 0.25) is 0 Å². The normalized spacial score (nSPS) is 11.0. The molecule has 1 rings (SSSR count). The van der Waals surface area contributed by atoms with Gasteiger partial charge >= 0.3 is 5.97 Å². The molecule has 3 nitrogen and oxygen atoms in total. The highest BCUT2D eigenvalue weighted by Gasteiger charge is 2.19.